The van der Waals surface area contributed by atoms with E-state index in [-0.39, 0.29) is 5.41 Å². The molecule has 0 saturated carbocycles. The lowest BCUT2D eigenvalue weighted by Crippen LogP contribution is -2.31. The molecule has 2 aromatic rings. The molecule has 0 bridgehead atoms. The fraction of sp³-hybridized carbons (Fsp3) is 0.632. The van der Waals surface area contributed by atoms with E-state index < -0.39 is 0 Å². The zero-order valence-corrected chi connectivity index (χ0v) is 15.5. The summed E-state index contributed by atoms with van der Waals surface area (Å²) in [6, 6.07) is 4.17. The van der Waals surface area contributed by atoms with Crippen molar-refractivity contribution in [3.63, 3.8) is 0 Å². The number of anilines is 1. The minimum atomic E-state index is 0.0661. The summed E-state index contributed by atoms with van der Waals surface area (Å²) >= 11 is 0. The maximum absolute atomic E-state index is 4.54. The molecule has 25 heavy (non-hydrogen) atoms. The molecule has 0 amide bonds. The standard InChI is InChI=1S/C19H28N6/c1-19(2,3)17-9-18(21-14-20-17)24-12-15-10-23(11-16(15)13-24)7-8-25-6-4-5-22-25/h4-6,9,14-16H,7-8,10-13H2,1-3H3. The molecule has 134 valence electrons. The van der Waals surface area contributed by atoms with E-state index in [1.807, 2.05) is 23.1 Å². The van der Waals surface area contributed by atoms with Gasteiger partial charge in [-0.25, -0.2) is 9.97 Å². The molecular formula is C19H28N6. The van der Waals surface area contributed by atoms with Gasteiger partial charge >= 0.3 is 0 Å². The average Bonchev–Trinajstić information content (AvgIpc) is 3.28. The number of fused-ring (bicyclic) bond motifs is 1. The molecule has 2 atom stereocenters. The Morgan fingerprint density at radius 3 is 2.44 bits per heavy atom. The highest BCUT2D eigenvalue weighted by Gasteiger charge is 2.40. The van der Waals surface area contributed by atoms with Crippen molar-refractivity contribution in [2.75, 3.05) is 37.6 Å². The second-order valence-electron chi connectivity index (χ2n) is 8.47. The predicted molar refractivity (Wildman–Crippen MR) is 98.6 cm³/mol. The van der Waals surface area contributed by atoms with Gasteiger partial charge in [-0.1, -0.05) is 20.8 Å². The number of aromatic nitrogens is 4. The lowest BCUT2D eigenvalue weighted by Gasteiger charge is -2.24. The van der Waals surface area contributed by atoms with Crippen molar-refractivity contribution in [1.29, 1.82) is 0 Å². The van der Waals surface area contributed by atoms with E-state index in [0.717, 1.165) is 49.5 Å². The van der Waals surface area contributed by atoms with Crippen LogP contribution < -0.4 is 4.90 Å². The Morgan fingerprint density at radius 1 is 1.04 bits per heavy atom. The zero-order chi connectivity index (χ0) is 17.4. The zero-order valence-electron chi connectivity index (χ0n) is 15.5. The Bertz CT molecular complexity index is 691. The Balaban J connectivity index is 1.35. The van der Waals surface area contributed by atoms with Crippen LogP contribution in [0.15, 0.2) is 30.9 Å². The van der Waals surface area contributed by atoms with E-state index in [1.165, 1.54) is 13.1 Å². The summed E-state index contributed by atoms with van der Waals surface area (Å²) in [5, 5.41) is 4.30. The molecule has 0 aromatic carbocycles. The van der Waals surface area contributed by atoms with Gasteiger partial charge in [-0.2, -0.15) is 5.10 Å². The molecule has 0 spiro atoms. The van der Waals surface area contributed by atoms with Crippen molar-refractivity contribution >= 4 is 5.82 Å². The first-order valence-electron chi connectivity index (χ1n) is 9.26. The SMILES string of the molecule is CC(C)(C)c1cc(N2CC3CN(CCn4cccn4)CC3C2)ncn1. The molecule has 2 saturated heterocycles. The fourth-order valence-corrected chi connectivity index (χ4v) is 4.07. The predicted octanol–water partition coefficient (Wildman–Crippen LogP) is 2.04. The molecule has 2 aliphatic heterocycles. The van der Waals surface area contributed by atoms with E-state index in [1.54, 1.807) is 6.33 Å². The summed E-state index contributed by atoms with van der Waals surface area (Å²) in [6.07, 6.45) is 5.62. The van der Waals surface area contributed by atoms with Gasteiger partial charge in [-0.05, 0) is 17.9 Å². The van der Waals surface area contributed by atoms with Crippen molar-refractivity contribution < 1.29 is 0 Å². The lowest BCUT2D eigenvalue weighted by molar-refractivity contribution is 0.296. The van der Waals surface area contributed by atoms with Crippen LogP contribution in [0.5, 0.6) is 0 Å². The van der Waals surface area contributed by atoms with Crippen LogP contribution in [0.3, 0.4) is 0 Å². The van der Waals surface area contributed by atoms with Gasteiger partial charge in [-0.15, -0.1) is 0 Å². The second-order valence-corrected chi connectivity index (χ2v) is 8.47. The summed E-state index contributed by atoms with van der Waals surface area (Å²) in [5.74, 6) is 2.61. The maximum Gasteiger partial charge on any atom is 0.132 e. The molecule has 6 nitrogen and oxygen atoms in total. The van der Waals surface area contributed by atoms with Gasteiger partial charge in [0, 0.05) is 56.6 Å². The highest BCUT2D eigenvalue weighted by Crippen LogP contribution is 2.34. The van der Waals surface area contributed by atoms with Crippen molar-refractivity contribution in [3.05, 3.63) is 36.5 Å². The monoisotopic (exact) mass is 340 g/mol. The van der Waals surface area contributed by atoms with E-state index in [9.17, 15) is 0 Å². The lowest BCUT2D eigenvalue weighted by atomic mass is 9.92. The molecule has 4 heterocycles. The van der Waals surface area contributed by atoms with Gasteiger partial charge in [-0.3, -0.25) is 4.68 Å². The molecule has 6 heteroatoms. The molecule has 2 aliphatic rings. The molecule has 0 aliphatic carbocycles. The highest BCUT2D eigenvalue weighted by molar-refractivity contribution is 5.42. The Kier molecular flexibility index (Phi) is 4.23. The number of likely N-dealkylation sites (tertiary alicyclic amines) is 1. The van der Waals surface area contributed by atoms with Crippen LogP contribution in [-0.2, 0) is 12.0 Å². The third kappa shape index (κ3) is 3.54. The van der Waals surface area contributed by atoms with Crippen molar-refractivity contribution in [2.45, 2.75) is 32.7 Å². The minimum Gasteiger partial charge on any atom is -0.356 e. The molecule has 0 N–H and O–H groups in total. The molecule has 4 rings (SSSR count). The summed E-state index contributed by atoms with van der Waals surface area (Å²) in [5.41, 5.74) is 1.19. The van der Waals surface area contributed by atoms with E-state index >= 15 is 0 Å². The summed E-state index contributed by atoms with van der Waals surface area (Å²) < 4.78 is 2.02. The third-order valence-electron chi connectivity index (χ3n) is 5.51. The van der Waals surface area contributed by atoms with Crippen LogP contribution in [0.2, 0.25) is 0 Å². The van der Waals surface area contributed by atoms with Gasteiger partial charge in [0.1, 0.15) is 12.1 Å². The average molecular weight is 340 g/mol. The number of rotatable bonds is 4. The highest BCUT2D eigenvalue weighted by atomic mass is 15.3. The first-order chi connectivity index (χ1) is 12.0. The first kappa shape index (κ1) is 16.5. The number of nitrogens with zero attached hydrogens (tertiary/aromatic N) is 6. The minimum absolute atomic E-state index is 0.0661. The molecule has 2 fully saturated rings. The van der Waals surface area contributed by atoms with E-state index in [4.69, 9.17) is 0 Å². The van der Waals surface area contributed by atoms with Crippen LogP contribution in [0, 0.1) is 11.8 Å². The van der Waals surface area contributed by atoms with Gasteiger partial charge in [0.15, 0.2) is 0 Å². The Morgan fingerprint density at radius 2 is 1.80 bits per heavy atom. The van der Waals surface area contributed by atoms with Gasteiger partial charge in [0.05, 0.1) is 12.2 Å². The third-order valence-corrected chi connectivity index (χ3v) is 5.51. The maximum atomic E-state index is 4.54. The topological polar surface area (TPSA) is 50.1 Å². The summed E-state index contributed by atoms with van der Waals surface area (Å²) in [4.78, 5) is 14.0. The fourth-order valence-electron chi connectivity index (χ4n) is 4.07. The smallest absolute Gasteiger partial charge is 0.132 e. The second kappa shape index (κ2) is 6.41. The van der Waals surface area contributed by atoms with Crippen LogP contribution in [0.4, 0.5) is 5.82 Å². The van der Waals surface area contributed by atoms with Crippen LogP contribution in [0.1, 0.15) is 26.5 Å². The quantitative estimate of drug-likeness (QED) is 0.852. The normalized spacial score (nSPS) is 24.0. The number of hydrogen-bond acceptors (Lipinski definition) is 5. The van der Waals surface area contributed by atoms with Gasteiger partial charge in [0.2, 0.25) is 0 Å². The Labute approximate surface area is 149 Å². The van der Waals surface area contributed by atoms with Gasteiger partial charge in [0.25, 0.3) is 0 Å². The van der Waals surface area contributed by atoms with E-state index in [2.05, 4.69) is 51.7 Å². The molecule has 0 radical (unpaired) electrons. The number of hydrogen-bond donors (Lipinski definition) is 0. The van der Waals surface area contributed by atoms with Crippen LogP contribution in [-0.4, -0.2) is 57.4 Å². The summed E-state index contributed by atoms with van der Waals surface area (Å²) in [7, 11) is 0. The molecular weight excluding hydrogens is 312 g/mol. The molecule has 2 unspecified atom stereocenters. The molecule has 2 aromatic heterocycles. The van der Waals surface area contributed by atoms with Gasteiger partial charge < -0.3 is 9.80 Å². The largest absolute Gasteiger partial charge is 0.356 e. The van der Waals surface area contributed by atoms with Crippen molar-refractivity contribution in [2.24, 2.45) is 11.8 Å². The van der Waals surface area contributed by atoms with Crippen LogP contribution >= 0.6 is 0 Å². The Hall–Kier alpha value is -1.95. The first-order valence-corrected chi connectivity index (χ1v) is 9.26. The van der Waals surface area contributed by atoms with Crippen molar-refractivity contribution in [1.82, 2.24) is 24.6 Å². The summed E-state index contributed by atoms with van der Waals surface area (Å²) in [6.45, 7) is 13.3. The van der Waals surface area contributed by atoms with E-state index in [0.29, 0.717) is 0 Å². The van der Waals surface area contributed by atoms with Crippen LogP contribution in [0.25, 0.3) is 0 Å². The van der Waals surface area contributed by atoms with Crippen molar-refractivity contribution in [3.8, 4) is 0 Å².